The third kappa shape index (κ3) is 3.03. The maximum absolute atomic E-state index is 11.4. The average molecular weight is 278 g/mol. The van der Waals surface area contributed by atoms with E-state index in [9.17, 15) is 4.79 Å². The Balaban J connectivity index is 1.72. The van der Waals surface area contributed by atoms with Crippen molar-refractivity contribution in [2.75, 3.05) is 5.32 Å². The number of fused-ring (bicyclic) bond motifs is 1. The van der Waals surface area contributed by atoms with Crippen LogP contribution in [0, 0.1) is 11.3 Å². The van der Waals surface area contributed by atoms with Crippen LogP contribution in [0.4, 0.5) is 5.69 Å². The minimum atomic E-state index is 0.0429. The first-order chi connectivity index (χ1) is 10.2. The average Bonchev–Trinajstić information content (AvgIpc) is 2.52. The number of hydrogen-bond donors (Lipinski definition) is 1. The number of aryl methyl sites for hydroxylation is 1. The van der Waals surface area contributed by atoms with Crippen LogP contribution in [-0.2, 0) is 17.8 Å². The van der Waals surface area contributed by atoms with Gasteiger partial charge in [-0.15, -0.1) is 0 Å². The van der Waals surface area contributed by atoms with Gasteiger partial charge in [-0.1, -0.05) is 18.2 Å². The summed E-state index contributed by atoms with van der Waals surface area (Å²) in [4.78, 5) is 11.4. The zero-order chi connectivity index (χ0) is 14.7. The first kappa shape index (κ1) is 13.2. The molecule has 1 heterocycles. The lowest BCUT2D eigenvalue weighted by atomic mass is 10.0. The molecule has 21 heavy (non-hydrogen) atoms. The van der Waals surface area contributed by atoms with Crippen molar-refractivity contribution in [3.8, 4) is 11.8 Å². The van der Waals surface area contributed by atoms with E-state index in [0.717, 1.165) is 23.2 Å². The molecule has 4 nitrogen and oxygen atoms in total. The molecule has 1 aliphatic rings. The van der Waals surface area contributed by atoms with Gasteiger partial charge in [-0.3, -0.25) is 4.79 Å². The first-order valence-corrected chi connectivity index (χ1v) is 6.79. The highest BCUT2D eigenvalue weighted by molar-refractivity contribution is 5.94. The summed E-state index contributed by atoms with van der Waals surface area (Å²) in [5.74, 6) is 0.750. The van der Waals surface area contributed by atoms with Crippen molar-refractivity contribution < 1.29 is 9.53 Å². The monoisotopic (exact) mass is 278 g/mol. The van der Waals surface area contributed by atoms with Crippen LogP contribution in [0.15, 0.2) is 42.5 Å². The number of nitriles is 1. The molecule has 1 amide bonds. The van der Waals surface area contributed by atoms with Gasteiger partial charge in [0, 0.05) is 18.2 Å². The van der Waals surface area contributed by atoms with Gasteiger partial charge in [-0.05, 0) is 35.7 Å². The number of amides is 1. The normalized spacial score (nSPS) is 13.0. The van der Waals surface area contributed by atoms with E-state index in [1.165, 1.54) is 0 Å². The third-order valence-corrected chi connectivity index (χ3v) is 3.44. The standard InChI is InChI=1S/C17H14N2O2/c18-10-12-2-1-3-13(8-12)11-21-15-6-4-14-5-7-17(20)19-16(14)9-15/h1-4,6,8-9H,5,7,11H2,(H,19,20). The zero-order valence-electron chi connectivity index (χ0n) is 11.4. The van der Waals surface area contributed by atoms with Crippen LogP contribution in [-0.4, -0.2) is 5.91 Å². The molecule has 104 valence electrons. The molecule has 0 aliphatic carbocycles. The highest BCUT2D eigenvalue weighted by Gasteiger charge is 2.14. The van der Waals surface area contributed by atoms with E-state index in [4.69, 9.17) is 10.00 Å². The van der Waals surface area contributed by atoms with Crippen LogP contribution in [0.2, 0.25) is 0 Å². The summed E-state index contributed by atoms with van der Waals surface area (Å²) in [5.41, 5.74) is 3.52. The molecule has 0 spiro atoms. The van der Waals surface area contributed by atoms with E-state index >= 15 is 0 Å². The fourth-order valence-corrected chi connectivity index (χ4v) is 2.34. The smallest absolute Gasteiger partial charge is 0.224 e. The van der Waals surface area contributed by atoms with Crippen molar-refractivity contribution in [1.82, 2.24) is 0 Å². The van der Waals surface area contributed by atoms with Gasteiger partial charge < -0.3 is 10.1 Å². The lowest BCUT2D eigenvalue weighted by Crippen LogP contribution is -2.18. The highest BCUT2D eigenvalue weighted by Crippen LogP contribution is 2.27. The quantitative estimate of drug-likeness (QED) is 0.938. The summed E-state index contributed by atoms with van der Waals surface area (Å²) >= 11 is 0. The molecule has 0 bridgehead atoms. The van der Waals surface area contributed by atoms with Crippen molar-refractivity contribution in [1.29, 1.82) is 5.26 Å². The molecular formula is C17H14N2O2. The Bertz CT molecular complexity index is 732. The summed E-state index contributed by atoms with van der Waals surface area (Å²) in [6.07, 6.45) is 1.31. The van der Waals surface area contributed by atoms with Gasteiger partial charge in [-0.25, -0.2) is 0 Å². The van der Waals surface area contributed by atoms with Crippen LogP contribution in [0.1, 0.15) is 23.1 Å². The van der Waals surface area contributed by atoms with Gasteiger partial charge in [0.05, 0.1) is 11.6 Å². The Labute approximate surface area is 123 Å². The Morgan fingerprint density at radius 1 is 1.19 bits per heavy atom. The third-order valence-electron chi connectivity index (χ3n) is 3.44. The van der Waals surface area contributed by atoms with Crippen molar-refractivity contribution in [2.24, 2.45) is 0 Å². The van der Waals surface area contributed by atoms with Crippen LogP contribution >= 0.6 is 0 Å². The largest absolute Gasteiger partial charge is 0.489 e. The summed E-state index contributed by atoms with van der Waals surface area (Å²) in [6.45, 7) is 0.391. The van der Waals surface area contributed by atoms with Gasteiger partial charge in [0.2, 0.25) is 5.91 Å². The molecule has 0 atom stereocenters. The van der Waals surface area contributed by atoms with E-state index in [2.05, 4.69) is 11.4 Å². The molecule has 3 rings (SSSR count). The number of carbonyl (C=O) groups is 1. The van der Waals surface area contributed by atoms with E-state index in [1.54, 1.807) is 12.1 Å². The number of benzene rings is 2. The fraction of sp³-hybridized carbons (Fsp3) is 0.176. The molecule has 1 aliphatic heterocycles. The van der Waals surface area contributed by atoms with Crippen LogP contribution in [0.25, 0.3) is 0 Å². The van der Waals surface area contributed by atoms with Crippen molar-refractivity contribution in [3.05, 3.63) is 59.2 Å². The Morgan fingerprint density at radius 2 is 2.10 bits per heavy atom. The predicted octanol–water partition coefficient (Wildman–Crippen LogP) is 3.02. The van der Waals surface area contributed by atoms with Crippen molar-refractivity contribution in [2.45, 2.75) is 19.4 Å². The summed E-state index contributed by atoms with van der Waals surface area (Å²) in [6, 6.07) is 15.2. The lowest BCUT2D eigenvalue weighted by Gasteiger charge is -2.17. The van der Waals surface area contributed by atoms with E-state index in [1.807, 2.05) is 30.3 Å². The minimum absolute atomic E-state index is 0.0429. The van der Waals surface area contributed by atoms with E-state index in [-0.39, 0.29) is 5.91 Å². The van der Waals surface area contributed by atoms with E-state index < -0.39 is 0 Å². The molecule has 2 aromatic rings. The van der Waals surface area contributed by atoms with Crippen molar-refractivity contribution in [3.63, 3.8) is 0 Å². The number of hydrogen-bond acceptors (Lipinski definition) is 3. The summed E-state index contributed by atoms with van der Waals surface area (Å²) in [5, 5.41) is 11.7. The van der Waals surface area contributed by atoms with Gasteiger partial charge in [0.1, 0.15) is 12.4 Å². The summed E-state index contributed by atoms with van der Waals surface area (Å²) < 4.78 is 5.73. The Kier molecular flexibility index (Phi) is 3.57. The van der Waals surface area contributed by atoms with Crippen LogP contribution in [0.3, 0.4) is 0 Å². The molecule has 0 aromatic heterocycles. The molecular weight excluding hydrogens is 264 g/mol. The van der Waals surface area contributed by atoms with Gasteiger partial charge in [0.25, 0.3) is 0 Å². The second-order valence-electron chi connectivity index (χ2n) is 4.97. The summed E-state index contributed by atoms with van der Waals surface area (Å²) in [7, 11) is 0. The topological polar surface area (TPSA) is 62.1 Å². The second kappa shape index (κ2) is 5.68. The second-order valence-corrected chi connectivity index (χ2v) is 4.97. The first-order valence-electron chi connectivity index (χ1n) is 6.79. The van der Waals surface area contributed by atoms with E-state index in [0.29, 0.717) is 24.3 Å². The minimum Gasteiger partial charge on any atom is -0.489 e. The van der Waals surface area contributed by atoms with Gasteiger partial charge >= 0.3 is 0 Å². The molecule has 0 saturated carbocycles. The number of carbonyl (C=O) groups excluding carboxylic acids is 1. The number of nitrogens with one attached hydrogen (secondary N) is 1. The number of rotatable bonds is 3. The number of nitrogens with zero attached hydrogens (tertiary/aromatic N) is 1. The van der Waals surface area contributed by atoms with Crippen LogP contribution in [0.5, 0.6) is 5.75 Å². The number of ether oxygens (including phenoxy) is 1. The van der Waals surface area contributed by atoms with Gasteiger partial charge in [-0.2, -0.15) is 5.26 Å². The maximum atomic E-state index is 11.4. The van der Waals surface area contributed by atoms with Crippen LogP contribution < -0.4 is 10.1 Å². The maximum Gasteiger partial charge on any atom is 0.224 e. The molecule has 0 radical (unpaired) electrons. The Hall–Kier alpha value is -2.80. The molecule has 2 aromatic carbocycles. The molecule has 0 unspecified atom stereocenters. The number of anilines is 1. The SMILES string of the molecule is N#Cc1cccc(COc2ccc3c(c2)NC(=O)CC3)c1. The molecule has 4 heteroatoms. The lowest BCUT2D eigenvalue weighted by molar-refractivity contribution is -0.116. The van der Waals surface area contributed by atoms with Gasteiger partial charge in [0.15, 0.2) is 0 Å². The highest BCUT2D eigenvalue weighted by atomic mass is 16.5. The predicted molar refractivity (Wildman–Crippen MR) is 78.9 cm³/mol. The molecule has 0 fully saturated rings. The molecule has 0 saturated heterocycles. The zero-order valence-corrected chi connectivity index (χ0v) is 11.4. The molecule has 1 N–H and O–H groups in total. The van der Waals surface area contributed by atoms with Crippen molar-refractivity contribution >= 4 is 11.6 Å². The fourth-order valence-electron chi connectivity index (χ4n) is 2.34. The Morgan fingerprint density at radius 3 is 2.95 bits per heavy atom.